The maximum atomic E-state index is 12.7. The molecule has 0 aromatic heterocycles. The summed E-state index contributed by atoms with van der Waals surface area (Å²) < 4.78 is 29.2. The quantitative estimate of drug-likeness (QED) is 0.884. The molecule has 24 heavy (non-hydrogen) atoms. The molecule has 2 heterocycles. The van der Waals surface area contributed by atoms with E-state index < -0.39 is 10.2 Å². The van der Waals surface area contributed by atoms with Gasteiger partial charge in [0, 0.05) is 31.2 Å². The van der Waals surface area contributed by atoms with Crippen molar-refractivity contribution in [1.29, 1.82) is 0 Å². The SMILES string of the molecule is C[C@H]1CCN(S(=O)(=O)Nc2cc(Cl)ccc2C(=O)N2CCCC2)C1. The molecule has 0 unspecified atom stereocenters. The van der Waals surface area contributed by atoms with Crippen LogP contribution in [-0.2, 0) is 10.2 Å². The molecular weight excluding hydrogens is 350 g/mol. The molecule has 1 atom stereocenters. The summed E-state index contributed by atoms with van der Waals surface area (Å²) in [5.74, 6) is 0.184. The fraction of sp³-hybridized carbons (Fsp3) is 0.562. The van der Waals surface area contributed by atoms with Gasteiger partial charge in [0.2, 0.25) is 0 Å². The van der Waals surface area contributed by atoms with Crippen LogP contribution >= 0.6 is 11.6 Å². The molecule has 1 N–H and O–H groups in total. The molecule has 1 aromatic carbocycles. The Hall–Kier alpha value is -1.31. The van der Waals surface area contributed by atoms with E-state index >= 15 is 0 Å². The number of carbonyl (C=O) groups is 1. The molecule has 1 aromatic rings. The number of rotatable bonds is 4. The summed E-state index contributed by atoms with van der Waals surface area (Å²) in [5, 5.41) is 0.389. The minimum Gasteiger partial charge on any atom is -0.339 e. The molecule has 2 fully saturated rings. The zero-order valence-electron chi connectivity index (χ0n) is 13.7. The van der Waals surface area contributed by atoms with Crippen LogP contribution in [0.3, 0.4) is 0 Å². The zero-order valence-corrected chi connectivity index (χ0v) is 15.2. The fourth-order valence-corrected chi connectivity index (χ4v) is 4.74. The molecule has 6 nitrogen and oxygen atoms in total. The molecule has 3 rings (SSSR count). The van der Waals surface area contributed by atoms with Crippen LogP contribution in [0, 0.1) is 5.92 Å². The largest absolute Gasteiger partial charge is 0.339 e. The second-order valence-corrected chi connectivity index (χ2v) is 8.66. The van der Waals surface area contributed by atoms with Gasteiger partial charge in [0.1, 0.15) is 0 Å². The first-order valence-corrected chi connectivity index (χ1v) is 10.1. The summed E-state index contributed by atoms with van der Waals surface area (Å²) in [4.78, 5) is 14.4. The average Bonchev–Trinajstić information content (AvgIpc) is 3.17. The molecule has 132 valence electrons. The Labute approximate surface area is 147 Å². The van der Waals surface area contributed by atoms with E-state index in [2.05, 4.69) is 4.72 Å². The van der Waals surface area contributed by atoms with Gasteiger partial charge in [-0.05, 0) is 43.4 Å². The highest BCUT2D eigenvalue weighted by atomic mass is 35.5. The summed E-state index contributed by atoms with van der Waals surface area (Å²) in [7, 11) is -3.69. The standard InChI is InChI=1S/C16H22ClN3O3S/c1-12-6-9-20(11-12)24(22,23)18-15-10-13(17)4-5-14(15)16(21)19-7-2-3-8-19/h4-5,10,12,18H,2-3,6-9,11H2,1H3/t12-/m0/s1. The zero-order chi connectivity index (χ0) is 17.3. The second-order valence-electron chi connectivity index (χ2n) is 6.55. The second kappa shape index (κ2) is 6.90. The van der Waals surface area contributed by atoms with Crippen molar-refractivity contribution >= 4 is 33.4 Å². The molecule has 8 heteroatoms. The number of hydrogen-bond donors (Lipinski definition) is 1. The maximum Gasteiger partial charge on any atom is 0.301 e. The summed E-state index contributed by atoms with van der Waals surface area (Å²) in [5.41, 5.74) is 0.594. The lowest BCUT2D eigenvalue weighted by atomic mass is 10.1. The Morgan fingerprint density at radius 1 is 1.25 bits per heavy atom. The van der Waals surface area contributed by atoms with Gasteiger partial charge in [0.05, 0.1) is 11.3 Å². The molecule has 0 radical (unpaired) electrons. The van der Waals surface area contributed by atoms with Crippen molar-refractivity contribution in [2.24, 2.45) is 5.92 Å². The van der Waals surface area contributed by atoms with Crippen LogP contribution in [0.1, 0.15) is 36.5 Å². The van der Waals surface area contributed by atoms with Gasteiger partial charge in [0.15, 0.2) is 0 Å². The highest BCUT2D eigenvalue weighted by molar-refractivity contribution is 7.90. The number of hydrogen-bond acceptors (Lipinski definition) is 3. The van der Waals surface area contributed by atoms with E-state index in [-0.39, 0.29) is 11.6 Å². The van der Waals surface area contributed by atoms with Gasteiger partial charge >= 0.3 is 10.2 Å². The number of amides is 1. The van der Waals surface area contributed by atoms with Crippen LogP contribution in [0.2, 0.25) is 5.02 Å². The summed E-state index contributed by atoms with van der Waals surface area (Å²) in [6.07, 6.45) is 2.80. The third-order valence-corrected chi connectivity index (χ3v) is 6.30. The Bertz CT molecular complexity index is 732. The minimum atomic E-state index is -3.69. The monoisotopic (exact) mass is 371 g/mol. The molecule has 0 saturated carbocycles. The third kappa shape index (κ3) is 3.68. The number of anilines is 1. The molecule has 2 aliphatic heterocycles. The molecule has 1 amide bonds. The Morgan fingerprint density at radius 2 is 1.96 bits per heavy atom. The first-order valence-electron chi connectivity index (χ1n) is 8.23. The number of benzene rings is 1. The van der Waals surface area contributed by atoms with Crippen molar-refractivity contribution in [3.63, 3.8) is 0 Å². The van der Waals surface area contributed by atoms with E-state index in [0.717, 1.165) is 19.3 Å². The van der Waals surface area contributed by atoms with E-state index in [4.69, 9.17) is 11.6 Å². The van der Waals surface area contributed by atoms with Crippen LogP contribution in [0.5, 0.6) is 0 Å². The summed E-state index contributed by atoms with van der Waals surface area (Å²) >= 11 is 6.02. The topological polar surface area (TPSA) is 69.7 Å². The Kier molecular flexibility index (Phi) is 5.03. The molecular formula is C16H22ClN3O3S. The smallest absolute Gasteiger partial charge is 0.301 e. The van der Waals surface area contributed by atoms with Gasteiger partial charge in [-0.25, -0.2) is 0 Å². The van der Waals surface area contributed by atoms with Crippen molar-refractivity contribution in [1.82, 2.24) is 9.21 Å². The lowest BCUT2D eigenvalue weighted by Crippen LogP contribution is -2.35. The number of nitrogens with one attached hydrogen (secondary N) is 1. The molecule has 2 aliphatic rings. The van der Waals surface area contributed by atoms with Crippen LogP contribution in [0.4, 0.5) is 5.69 Å². The van der Waals surface area contributed by atoms with Crippen molar-refractivity contribution in [3.8, 4) is 0 Å². The third-order valence-electron chi connectivity index (χ3n) is 4.57. The van der Waals surface area contributed by atoms with Gasteiger partial charge in [-0.1, -0.05) is 18.5 Å². The number of nitrogens with zero attached hydrogens (tertiary/aromatic N) is 2. The molecule has 2 saturated heterocycles. The first-order chi connectivity index (χ1) is 11.4. The Balaban J connectivity index is 1.86. The van der Waals surface area contributed by atoms with Gasteiger partial charge in [0.25, 0.3) is 5.91 Å². The van der Waals surface area contributed by atoms with Crippen molar-refractivity contribution < 1.29 is 13.2 Å². The van der Waals surface area contributed by atoms with E-state index in [9.17, 15) is 13.2 Å². The normalized spacial score (nSPS) is 22.1. The summed E-state index contributed by atoms with van der Waals surface area (Å²) in [6.45, 7) is 4.42. The van der Waals surface area contributed by atoms with Crippen molar-refractivity contribution in [3.05, 3.63) is 28.8 Å². The number of likely N-dealkylation sites (tertiary alicyclic amines) is 1. The van der Waals surface area contributed by atoms with Gasteiger partial charge < -0.3 is 4.90 Å². The van der Waals surface area contributed by atoms with Gasteiger partial charge in [-0.3, -0.25) is 9.52 Å². The average molecular weight is 372 g/mol. The van der Waals surface area contributed by atoms with Crippen LogP contribution < -0.4 is 4.72 Å². The van der Waals surface area contributed by atoms with Crippen LogP contribution in [-0.4, -0.2) is 49.7 Å². The maximum absolute atomic E-state index is 12.7. The lowest BCUT2D eigenvalue weighted by molar-refractivity contribution is 0.0794. The highest BCUT2D eigenvalue weighted by Crippen LogP contribution is 2.27. The summed E-state index contributed by atoms with van der Waals surface area (Å²) in [6, 6.07) is 4.70. The minimum absolute atomic E-state index is 0.156. The van der Waals surface area contributed by atoms with Crippen LogP contribution in [0.25, 0.3) is 0 Å². The van der Waals surface area contributed by atoms with E-state index in [0.29, 0.717) is 42.7 Å². The first kappa shape index (κ1) is 17.5. The van der Waals surface area contributed by atoms with E-state index in [1.54, 1.807) is 17.0 Å². The Morgan fingerprint density at radius 3 is 2.58 bits per heavy atom. The van der Waals surface area contributed by atoms with Gasteiger partial charge in [-0.2, -0.15) is 12.7 Å². The molecule has 0 aliphatic carbocycles. The fourth-order valence-electron chi connectivity index (χ4n) is 3.19. The van der Waals surface area contributed by atoms with Gasteiger partial charge in [-0.15, -0.1) is 0 Å². The highest BCUT2D eigenvalue weighted by Gasteiger charge is 2.31. The van der Waals surface area contributed by atoms with Crippen molar-refractivity contribution in [2.45, 2.75) is 26.2 Å². The van der Waals surface area contributed by atoms with E-state index in [1.807, 2.05) is 6.92 Å². The number of carbonyl (C=O) groups excluding carboxylic acids is 1. The number of halogens is 1. The van der Waals surface area contributed by atoms with Crippen molar-refractivity contribution in [2.75, 3.05) is 30.9 Å². The molecule has 0 spiro atoms. The predicted molar refractivity (Wildman–Crippen MR) is 94.5 cm³/mol. The molecule has 0 bridgehead atoms. The predicted octanol–water partition coefficient (Wildman–Crippen LogP) is 2.57. The van der Waals surface area contributed by atoms with E-state index in [1.165, 1.54) is 10.4 Å². The van der Waals surface area contributed by atoms with Crippen LogP contribution in [0.15, 0.2) is 18.2 Å². The lowest BCUT2D eigenvalue weighted by Gasteiger charge is -2.21.